The number of benzene rings is 9. The zero-order chi connectivity index (χ0) is 97.2. The van der Waals surface area contributed by atoms with Crippen LogP contribution in [0.25, 0.3) is 87.0 Å². The highest BCUT2D eigenvalue weighted by atomic mass is 32.1. The standard InChI is InChI=1S/C24H24N8S.C22H21N7O.C20H19N5O3.C18H14FN5.C18H15N9/c1-30-8-10-31(11-9-30)24-14-23(29-32-20-5-3-2-4-18(20)15-26-32)27-22(28-24)13-17-6-7-19-21(12-17)33-16-25-19;1-3-18-22(28-29-27-18)26-21-17-9-8-16(30-2)13-19(17)24-20(25-21)12-15-6-4-14(5-7-15)10-11-23;1-26-13-14-11-21-25(12-14)24-19-17-8-3-4-9-18(17)22-20(23-19)28-16-7-5-6-15(10-16)27-2;1-12-11-13(7-8-15(12)19)17-21-16-6-3-2-5-14(16)18(22-17)23-24-10-4-9-20-24;1-10-17(26-27-24-10)23-18-13-4-5-19-9-15(13)21-16(22-18)7-11-2-3-14-12(6-11)8-20-25-14/h2-7,12,14-16H,8-11,13H2,1H3,(H,27,28,29);4-9,13H,3,10,12H2,1-2H3,(H2,24,25,26,27,28,29);3-12H,13H2,1-2H3,(H,22,23,24);2-11H,1H3,(H,21,22,23);2-6,8-9H,7H2,1H3,(H,20,25)(H2,21,22,23,24,26,27). The van der Waals surface area contributed by atoms with Crippen molar-refractivity contribution in [3.63, 3.8) is 0 Å². The Morgan fingerprint density at radius 2 is 1.20 bits per heavy atom. The van der Waals surface area contributed by atoms with Crippen molar-refractivity contribution in [2.24, 2.45) is 0 Å². The quantitative estimate of drug-likeness (QED) is 0.0250. The Kier molecular flexibility index (Phi) is 28.3. The number of anilines is 8. The lowest BCUT2D eigenvalue weighted by atomic mass is 10.1. The fraction of sp³-hybridized carbons (Fsp3) is 0.167. The molecule has 23 rings (SSSR count). The third-order valence-electron chi connectivity index (χ3n) is 23.0. The van der Waals surface area contributed by atoms with Crippen LogP contribution < -0.4 is 46.0 Å². The number of aromatic amines is 3. The third-order valence-corrected chi connectivity index (χ3v) is 23.8. The highest BCUT2D eigenvalue weighted by molar-refractivity contribution is 7.16. The number of H-pyrrole nitrogens is 3. The number of nitrogens with one attached hydrogen (secondary N) is 8. The topological polar surface area (TPSA) is 447 Å². The fourth-order valence-electron chi connectivity index (χ4n) is 15.6. The molecule has 0 radical (unpaired) electrons. The molecule has 22 aromatic rings. The number of ether oxygens (including phenoxy) is 4. The molecule has 708 valence electrons. The van der Waals surface area contributed by atoms with E-state index in [0.29, 0.717) is 102 Å². The minimum atomic E-state index is -0.241. The van der Waals surface area contributed by atoms with Gasteiger partial charge >= 0.3 is 6.01 Å². The molecule has 38 nitrogen and oxygen atoms in total. The Hall–Kier alpha value is -18.4. The molecule has 1 fully saturated rings. The van der Waals surface area contributed by atoms with E-state index in [-0.39, 0.29) is 11.8 Å². The monoisotopic (exact) mass is 1910 g/mol. The largest absolute Gasteiger partial charge is 0.497 e. The van der Waals surface area contributed by atoms with Gasteiger partial charge in [0.1, 0.15) is 69.4 Å². The predicted molar refractivity (Wildman–Crippen MR) is 543 cm³/mol. The normalized spacial score (nSPS) is 11.8. The minimum Gasteiger partial charge on any atom is -0.497 e. The summed E-state index contributed by atoms with van der Waals surface area (Å²) in [4.78, 5) is 65.1. The molecule has 40 heteroatoms. The molecule has 0 spiro atoms. The van der Waals surface area contributed by atoms with Gasteiger partial charge in [0.15, 0.2) is 34.9 Å². The number of para-hydroxylation sites is 3. The van der Waals surface area contributed by atoms with Crippen LogP contribution in [0.4, 0.5) is 50.9 Å². The Morgan fingerprint density at radius 3 is 1.97 bits per heavy atom. The number of thiazole rings is 1. The molecule has 1 saturated heterocycles. The first-order valence-corrected chi connectivity index (χ1v) is 46.2. The van der Waals surface area contributed by atoms with E-state index in [2.05, 4.69) is 171 Å². The molecule has 1 aliphatic rings. The van der Waals surface area contributed by atoms with Gasteiger partial charge in [-0.3, -0.25) is 26.4 Å². The summed E-state index contributed by atoms with van der Waals surface area (Å²) in [6, 6.07) is 70.0. The number of methoxy groups -OCH3 is 3. The van der Waals surface area contributed by atoms with Crippen LogP contribution in [-0.2, 0) is 43.4 Å². The Bertz CT molecular complexity index is 8200. The summed E-state index contributed by atoms with van der Waals surface area (Å²) in [6.07, 6.45) is 17.1. The number of rotatable bonds is 26. The Labute approximate surface area is 814 Å². The van der Waals surface area contributed by atoms with Gasteiger partial charge in [-0.15, -0.1) is 21.5 Å². The predicted octanol–water partition coefficient (Wildman–Crippen LogP) is 17.5. The van der Waals surface area contributed by atoms with Crippen LogP contribution in [0.3, 0.4) is 0 Å². The van der Waals surface area contributed by atoms with Gasteiger partial charge in [0.05, 0.1) is 119 Å². The summed E-state index contributed by atoms with van der Waals surface area (Å²) >= 11 is 1.66. The van der Waals surface area contributed by atoms with Gasteiger partial charge in [-0.25, -0.2) is 49.2 Å². The lowest BCUT2D eigenvalue weighted by Crippen LogP contribution is -2.45. The molecule has 8 N–H and O–H groups in total. The summed E-state index contributed by atoms with van der Waals surface area (Å²) in [5, 5.41) is 62.8. The summed E-state index contributed by atoms with van der Waals surface area (Å²) in [6.45, 7) is 10.0. The zero-order valence-corrected chi connectivity index (χ0v) is 78.8. The molecular weight excluding hydrogens is 1820 g/mol. The molecule has 13 aromatic heterocycles. The first kappa shape index (κ1) is 92.7. The van der Waals surface area contributed by atoms with Crippen molar-refractivity contribution in [2.45, 2.75) is 59.5 Å². The highest BCUT2D eigenvalue weighted by Gasteiger charge is 2.22. The van der Waals surface area contributed by atoms with Gasteiger partial charge in [0.2, 0.25) is 0 Å². The van der Waals surface area contributed by atoms with Crippen molar-refractivity contribution in [2.75, 3.05) is 86.4 Å². The van der Waals surface area contributed by atoms with Crippen LogP contribution >= 0.6 is 11.3 Å². The van der Waals surface area contributed by atoms with E-state index in [0.717, 1.165) is 166 Å². The molecular formula is C102H93FN34O4S. The second-order valence-corrected chi connectivity index (χ2v) is 33.7. The van der Waals surface area contributed by atoms with E-state index < -0.39 is 0 Å². The lowest BCUT2D eigenvalue weighted by molar-refractivity contribution is 0.185. The van der Waals surface area contributed by atoms with Gasteiger partial charge in [0.25, 0.3) is 0 Å². The van der Waals surface area contributed by atoms with Crippen molar-refractivity contribution in [1.82, 2.24) is 135 Å². The summed E-state index contributed by atoms with van der Waals surface area (Å²) in [5.41, 5.74) is 26.0. The number of fused-ring (bicyclic) bond motifs is 7. The van der Waals surface area contributed by atoms with E-state index in [4.69, 9.17) is 49.1 Å². The van der Waals surface area contributed by atoms with Crippen LogP contribution in [0.1, 0.15) is 69.2 Å². The SMILES string of the molecule is CCc1n[nH]nc1Nc1nc(Cc2ccc(CC#N)cc2)nc2cc(OC)ccc12.CN1CCN(c2cc(Nn3ncc4ccccc43)nc(Cc3ccc4ncsc4c3)n2)CC1.COCc1cnn(Nc2nc(Oc3cccc(OC)c3)nc3ccccc23)c1.Cc1cc(-c2nc(Nn3cccn3)c3ccccc3n2)ccc1F.Cc1n[nH]nc1Nc1nc(Cc2ccc3[nH]ncc3c2)nc2cnccc12. The molecule has 0 amide bonds. The minimum absolute atomic E-state index is 0.221. The number of halogens is 1. The second kappa shape index (κ2) is 43.3. The number of likely N-dealkylation sites (N-methyl/N-ethyl adjacent to an activating group) is 1. The van der Waals surface area contributed by atoms with Crippen LogP contribution in [0.5, 0.6) is 23.3 Å². The van der Waals surface area contributed by atoms with Crippen LogP contribution in [0.2, 0.25) is 0 Å². The van der Waals surface area contributed by atoms with E-state index in [9.17, 15) is 4.39 Å². The van der Waals surface area contributed by atoms with Gasteiger partial charge < -0.3 is 39.4 Å². The van der Waals surface area contributed by atoms with E-state index in [1.807, 2.05) is 196 Å². The summed E-state index contributed by atoms with van der Waals surface area (Å²) in [5.74, 6) is 10.0. The molecule has 1 aliphatic heterocycles. The van der Waals surface area contributed by atoms with Crippen LogP contribution in [-0.4, -0.2) is 190 Å². The van der Waals surface area contributed by atoms with E-state index in [1.54, 1.807) is 103 Å². The van der Waals surface area contributed by atoms with Crippen molar-refractivity contribution in [1.29, 1.82) is 5.26 Å². The lowest BCUT2D eigenvalue weighted by Gasteiger charge is -2.33. The average Bonchev–Trinajstić information content (AvgIpc) is 1.09. The molecule has 0 saturated carbocycles. The zero-order valence-electron chi connectivity index (χ0n) is 78.0. The van der Waals surface area contributed by atoms with Gasteiger partial charge in [-0.05, 0) is 164 Å². The smallest absolute Gasteiger partial charge is 0.324 e. The van der Waals surface area contributed by atoms with Gasteiger partial charge in [0, 0.05) is 127 Å². The Balaban J connectivity index is 0.000000113. The number of hydrogen-bond donors (Lipinski definition) is 8. The van der Waals surface area contributed by atoms with Crippen molar-refractivity contribution >= 4 is 134 Å². The van der Waals surface area contributed by atoms with Gasteiger partial charge in [-0.2, -0.15) is 70.6 Å². The van der Waals surface area contributed by atoms with E-state index in [1.165, 1.54) is 16.3 Å². The molecule has 14 heterocycles. The number of pyridine rings is 1. The molecule has 0 unspecified atom stereocenters. The molecule has 9 aromatic carbocycles. The number of hydrogen-bond acceptors (Lipinski definition) is 33. The third kappa shape index (κ3) is 22.5. The van der Waals surface area contributed by atoms with E-state index >= 15 is 0 Å². The molecule has 0 bridgehead atoms. The van der Waals surface area contributed by atoms with Crippen molar-refractivity contribution < 1.29 is 23.3 Å². The number of nitrogens with zero attached hydrogens (tertiary/aromatic N) is 26. The maximum Gasteiger partial charge on any atom is 0.324 e. The molecule has 0 atom stereocenters. The highest BCUT2D eigenvalue weighted by Crippen LogP contribution is 2.34. The number of aromatic nitrogens is 26. The Morgan fingerprint density at radius 1 is 0.500 bits per heavy atom. The van der Waals surface area contributed by atoms with Crippen LogP contribution in [0.15, 0.2) is 267 Å². The molecule has 142 heavy (non-hydrogen) atoms. The molecule has 0 aliphatic carbocycles. The fourth-order valence-corrected chi connectivity index (χ4v) is 16.4. The summed E-state index contributed by atoms with van der Waals surface area (Å²) in [7, 11) is 7.04. The number of aryl methyl sites for hydroxylation is 3. The maximum absolute atomic E-state index is 13.5. The van der Waals surface area contributed by atoms with Crippen molar-refractivity contribution in [3.05, 3.63) is 335 Å². The summed E-state index contributed by atoms with van der Waals surface area (Å²) < 4.78 is 36.3. The van der Waals surface area contributed by atoms with Crippen molar-refractivity contribution in [3.8, 4) is 40.7 Å². The second-order valence-electron chi connectivity index (χ2n) is 32.8. The first-order valence-electron chi connectivity index (χ1n) is 45.3. The number of piperazine rings is 1. The maximum atomic E-state index is 13.5. The van der Waals surface area contributed by atoms with Gasteiger partial charge in [-0.1, -0.05) is 91.9 Å². The average molecular weight is 1910 g/mol. The first-order chi connectivity index (χ1) is 69.6. The number of nitriles is 1. The van der Waals surface area contributed by atoms with Crippen LogP contribution in [0, 0.1) is 31.0 Å².